The fraction of sp³-hybridized carbons (Fsp3) is 0.250. The number of nitrogens with zero attached hydrogens (tertiary/aromatic N) is 1. The van der Waals surface area contributed by atoms with Gasteiger partial charge in [-0.25, -0.2) is 0 Å². The molecule has 6 nitrogen and oxygen atoms in total. The zero-order valence-corrected chi connectivity index (χ0v) is 7.43. The van der Waals surface area contributed by atoms with Gasteiger partial charge < -0.3 is 20.7 Å². The van der Waals surface area contributed by atoms with Gasteiger partial charge in [0, 0.05) is 13.0 Å². The van der Waals surface area contributed by atoms with Gasteiger partial charge in [0.15, 0.2) is 5.76 Å². The van der Waals surface area contributed by atoms with Crippen LogP contribution in [0.4, 0.5) is 0 Å². The minimum Gasteiger partial charge on any atom is -0.459 e. The minimum absolute atomic E-state index is 0.0738. The SMILES string of the molecule is NC(CCNC(=O)c1ccco1)=NO. The summed E-state index contributed by atoms with van der Waals surface area (Å²) in [7, 11) is 0. The number of amides is 1. The van der Waals surface area contributed by atoms with E-state index in [4.69, 9.17) is 15.4 Å². The second kappa shape index (κ2) is 4.90. The Morgan fingerprint density at radius 3 is 3.07 bits per heavy atom. The summed E-state index contributed by atoms with van der Waals surface area (Å²) >= 11 is 0. The van der Waals surface area contributed by atoms with Crippen LogP contribution in [0.2, 0.25) is 0 Å². The monoisotopic (exact) mass is 197 g/mol. The Balaban J connectivity index is 2.29. The lowest BCUT2D eigenvalue weighted by Crippen LogP contribution is -2.27. The Labute approximate surface area is 80.4 Å². The van der Waals surface area contributed by atoms with Crippen molar-refractivity contribution in [3.63, 3.8) is 0 Å². The van der Waals surface area contributed by atoms with E-state index in [2.05, 4.69) is 10.5 Å². The Kier molecular flexibility index (Phi) is 3.54. The third-order valence-corrected chi connectivity index (χ3v) is 1.54. The van der Waals surface area contributed by atoms with Gasteiger partial charge in [-0.3, -0.25) is 4.79 Å². The highest BCUT2D eigenvalue weighted by Crippen LogP contribution is 1.98. The molecule has 0 saturated heterocycles. The molecule has 0 fully saturated rings. The molecular formula is C8H11N3O3. The van der Waals surface area contributed by atoms with Crippen molar-refractivity contribution >= 4 is 11.7 Å². The molecule has 0 aromatic carbocycles. The molecule has 0 atom stereocenters. The average molecular weight is 197 g/mol. The van der Waals surface area contributed by atoms with E-state index in [0.717, 1.165) is 0 Å². The number of furan rings is 1. The molecule has 6 heteroatoms. The molecule has 4 N–H and O–H groups in total. The summed E-state index contributed by atoms with van der Waals surface area (Å²) in [4.78, 5) is 11.2. The first-order valence-electron chi connectivity index (χ1n) is 4.02. The molecule has 0 radical (unpaired) electrons. The quantitative estimate of drug-likeness (QED) is 0.276. The van der Waals surface area contributed by atoms with Gasteiger partial charge >= 0.3 is 0 Å². The minimum atomic E-state index is -0.319. The molecule has 0 aliphatic heterocycles. The van der Waals surface area contributed by atoms with E-state index >= 15 is 0 Å². The highest BCUT2D eigenvalue weighted by molar-refractivity contribution is 5.91. The van der Waals surface area contributed by atoms with Crippen molar-refractivity contribution in [2.75, 3.05) is 6.54 Å². The number of nitrogens with one attached hydrogen (secondary N) is 1. The van der Waals surface area contributed by atoms with E-state index in [0.29, 0.717) is 13.0 Å². The van der Waals surface area contributed by atoms with Gasteiger partial charge in [0.25, 0.3) is 5.91 Å². The highest BCUT2D eigenvalue weighted by Gasteiger charge is 2.06. The number of amidine groups is 1. The Bertz CT molecular complexity index is 319. The molecule has 1 aromatic heterocycles. The Hall–Kier alpha value is -1.98. The standard InChI is InChI=1S/C8H11N3O3/c9-7(11-13)3-4-10-8(12)6-2-1-5-14-6/h1-2,5,13H,3-4H2,(H2,9,11)(H,10,12). The van der Waals surface area contributed by atoms with Crippen LogP contribution in [0.15, 0.2) is 28.0 Å². The van der Waals surface area contributed by atoms with E-state index < -0.39 is 0 Å². The van der Waals surface area contributed by atoms with Crippen LogP contribution in [-0.4, -0.2) is 23.5 Å². The van der Waals surface area contributed by atoms with Crippen LogP contribution in [0.3, 0.4) is 0 Å². The summed E-state index contributed by atoms with van der Waals surface area (Å²) in [6.07, 6.45) is 1.71. The first kappa shape index (κ1) is 10.1. The third-order valence-electron chi connectivity index (χ3n) is 1.54. The van der Waals surface area contributed by atoms with Crippen molar-refractivity contribution in [1.29, 1.82) is 0 Å². The number of hydrogen-bond acceptors (Lipinski definition) is 4. The summed E-state index contributed by atoms with van der Waals surface area (Å²) in [6, 6.07) is 3.18. The molecule has 0 spiro atoms. The van der Waals surface area contributed by atoms with Crippen LogP contribution in [0.5, 0.6) is 0 Å². The van der Waals surface area contributed by atoms with Gasteiger partial charge in [-0.1, -0.05) is 5.16 Å². The fourth-order valence-electron chi connectivity index (χ4n) is 0.849. The van der Waals surface area contributed by atoms with Crippen LogP contribution >= 0.6 is 0 Å². The van der Waals surface area contributed by atoms with E-state index in [1.807, 2.05) is 0 Å². The second-order valence-electron chi connectivity index (χ2n) is 2.57. The molecule has 14 heavy (non-hydrogen) atoms. The first-order chi connectivity index (χ1) is 6.74. The summed E-state index contributed by atoms with van der Waals surface area (Å²) in [6.45, 7) is 0.301. The zero-order chi connectivity index (χ0) is 10.4. The van der Waals surface area contributed by atoms with Crippen LogP contribution in [-0.2, 0) is 0 Å². The molecule has 0 aliphatic rings. The molecule has 0 saturated carbocycles. The number of carbonyl (C=O) groups is 1. The highest BCUT2D eigenvalue weighted by atomic mass is 16.4. The number of nitrogens with two attached hydrogens (primary N) is 1. The van der Waals surface area contributed by atoms with Crippen molar-refractivity contribution in [2.45, 2.75) is 6.42 Å². The third kappa shape index (κ3) is 2.81. The van der Waals surface area contributed by atoms with E-state index in [9.17, 15) is 4.79 Å². The predicted octanol–water partition coefficient (Wildman–Crippen LogP) is 0.146. The molecule has 1 amide bonds. The van der Waals surface area contributed by atoms with Crippen LogP contribution < -0.4 is 11.1 Å². The Morgan fingerprint density at radius 2 is 2.50 bits per heavy atom. The van der Waals surface area contributed by atoms with Crippen molar-refractivity contribution in [2.24, 2.45) is 10.9 Å². The van der Waals surface area contributed by atoms with E-state index in [1.54, 1.807) is 12.1 Å². The lowest BCUT2D eigenvalue weighted by molar-refractivity contribution is 0.0927. The smallest absolute Gasteiger partial charge is 0.286 e. The zero-order valence-electron chi connectivity index (χ0n) is 7.43. The largest absolute Gasteiger partial charge is 0.459 e. The van der Waals surface area contributed by atoms with Gasteiger partial charge in [-0.2, -0.15) is 0 Å². The summed E-state index contributed by atoms with van der Waals surface area (Å²) in [5.41, 5.74) is 5.20. The second-order valence-corrected chi connectivity index (χ2v) is 2.57. The lowest BCUT2D eigenvalue weighted by Gasteiger charge is -2.01. The number of carbonyl (C=O) groups excluding carboxylic acids is 1. The van der Waals surface area contributed by atoms with Crippen LogP contribution in [0.1, 0.15) is 17.0 Å². The van der Waals surface area contributed by atoms with Gasteiger partial charge in [-0.05, 0) is 12.1 Å². The summed E-state index contributed by atoms with van der Waals surface area (Å²) < 4.78 is 4.86. The topological polar surface area (TPSA) is 101 Å². The molecule has 76 valence electrons. The number of hydrogen-bond donors (Lipinski definition) is 3. The van der Waals surface area contributed by atoms with Crippen molar-refractivity contribution in [3.05, 3.63) is 24.2 Å². The molecular weight excluding hydrogens is 186 g/mol. The van der Waals surface area contributed by atoms with Crippen molar-refractivity contribution in [1.82, 2.24) is 5.32 Å². The van der Waals surface area contributed by atoms with Crippen molar-refractivity contribution < 1.29 is 14.4 Å². The van der Waals surface area contributed by atoms with Crippen LogP contribution in [0.25, 0.3) is 0 Å². The normalized spacial score (nSPS) is 11.3. The molecule has 0 aliphatic carbocycles. The summed E-state index contributed by atoms with van der Waals surface area (Å²) in [5.74, 6) is -0.00464. The van der Waals surface area contributed by atoms with Crippen molar-refractivity contribution in [3.8, 4) is 0 Å². The molecule has 1 aromatic rings. The van der Waals surface area contributed by atoms with Gasteiger partial charge in [0.05, 0.1) is 6.26 Å². The molecule has 0 unspecified atom stereocenters. The molecule has 1 rings (SSSR count). The maximum absolute atomic E-state index is 11.2. The van der Waals surface area contributed by atoms with Gasteiger partial charge in [0.2, 0.25) is 0 Å². The van der Waals surface area contributed by atoms with E-state index in [-0.39, 0.29) is 17.5 Å². The fourth-order valence-corrected chi connectivity index (χ4v) is 0.849. The average Bonchev–Trinajstić information content (AvgIpc) is 2.70. The summed E-state index contributed by atoms with van der Waals surface area (Å²) in [5, 5.41) is 13.5. The van der Waals surface area contributed by atoms with Crippen LogP contribution in [0, 0.1) is 0 Å². The maximum Gasteiger partial charge on any atom is 0.286 e. The number of oxime groups is 1. The molecule has 0 bridgehead atoms. The van der Waals surface area contributed by atoms with E-state index in [1.165, 1.54) is 6.26 Å². The first-order valence-corrected chi connectivity index (χ1v) is 4.02. The lowest BCUT2D eigenvalue weighted by atomic mass is 10.3. The van der Waals surface area contributed by atoms with Gasteiger partial charge in [-0.15, -0.1) is 0 Å². The molecule has 1 heterocycles. The van der Waals surface area contributed by atoms with Gasteiger partial charge in [0.1, 0.15) is 5.84 Å². The number of rotatable bonds is 4. The predicted molar refractivity (Wildman–Crippen MR) is 49.1 cm³/mol. The Morgan fingerprint density at radius 1 is 1.71 bits per heavy atom. The maximum atomic E-state index is 11.2.